The van der Waals surface area contributed by atoms with Crippen LogP contribution in [0.25, 0.3) is 0 Å². The average Bonchev–Trinajstić information content (AvgIpc) is 3.12. The Labute approximate surface area is 162 Å². The average molecular weight is 382 g/mol. The first-order chi connectivity index (χ1) is 12.6. The first kappa shape index (κ1) is 20.8. The minimum absolute atomic E-state index is 0.133. The van der Waals surface area contributed by atoms with Gasteiger partial charge in [0.05, 0.1) is 18.2 Å². The molecule has 146 valence electrons. The van der Waals surface area contributed by atoms with E-state index in [0.717, 1.165) is 50.7 Å². The molecular weight excluding hydrogens is 350 g/mol. The molecule has 1 fully saturated rings. The number of aliphatic hydroxyl groups excluding tert-OH is 1. The van der Waals surface area contributed by atoms with Crippen LogP contribution in [0.3, 0.4) is 0 Å². The van der Waals surface area contributed by atoms with E-state index in [9.17, 15) is 5.11 Å². The zero-order valence-electron chi connectivity index (χ0n) is 16.1. The molecule has 0 aliphatic carbocycles. The molecular formula is C19H32ClN5O. The van der Waals surface area contributed by atoms with Crippen molar-refractivity contribution in [3.8, 4) is 0 Å². The van der Waals surface area contributed by atoms with E-state index in [-0.39, 0.29) is 18.1 Å². The summed E-state index contributed by atoms with van der Waals surface area (Å²) in [7, 11) is 0. The number of aliphatic imine (C=N–C) groups is 1. The third-order valence-electron chi connectivity index (χ3n) is 5.32. The zero-order valence-corrected chi connectivity index (χ0v) is 16.9. The number of guanidine groups is 1. The van der Waals surface area contributed by atoms with E-state index in [4.69, 9.17) is 16.6 Å². The maximum absolute atomic E-state index is 9.75. The van der Waals surface area contributed by atoms with Gasteiger partial charge in [0.15, 0.2) is 5.96 Å². The van der Waals surface area contributed by atoms with Gasteiger partial charge in [-0.2, -0.15) is 0 Å². The van der Waals surface area contributed by atoms with E-state index in [0.29, 0.717) is 11.6 Å². The molecule has 6 nitrogen and oxygen atoms in total. The van der Waals surface area contributed by atoms with Crippen LogP contribution in [-0.4, -0.2) is 54.9 Å². The maximum Gasteiger partial charge on any atom is 0.191 e. The number of hydrogen-bond donors (Lipinski definition) is 3. The minimum Gasteiger partial charge on any atom is -0.396 e. The lowest BCUT2D eigenvalue weighted by Crippen LogP contribution is -2.45. The van der Waals surface area contributed by atoms with E-state index in [1.807, 2.05) is 12.1 Å². The highest BCUT2D eigenvalue weighted by atomic mass is 35.5. The largest absolute Gasteiger partial charge is 0.396 e. The molecule has 2 rings (SSSR count). The second-order valence-corrected chi connectivity index (χ2v) is 7.35. The molecule has 1 aliphatic rings. The van der Waals surface area contributed by atoms with Gasteiger partial charge < -0.3 is 20.6 Å². The van der Waals surface area contributed by atoms with Crippen molar-refractivity contribution in [2.24, 2.45) is 10.4 Å². The van der Waals surface area contributed by atoms with Crippen molar-refractivity contribution in [3.05, 3.63) is 23.4 Å². The third-order valence-corrected chi connectivity index (χ3v) is 5.61. The van der Waals surface area contributed by atoms with Crippen LogP contribution in [0.15, 0.2) is 23.3 Å². The summed E-state index contributed by atoms with van der Waals surface area (Å²) in [5.74, 6) is 1.66. The third kappa shape index (κ3) is 5.24. The maximum atomic E-state index is 9.75. The molecule has 0 bridgehead atoms. The summed E-state index contributed by atoms with van der Waals surface area (Å²) >= 11 is 6.27. The van der Waals surface area contributed by atoms with Gasteiger partial charge in [-0.1, -0.05) is 25.4 Å². The van der Waals surface area contributed by atoms with Gasteiger partial charge in [0.2, 0.25) is 0 Å². The lowest BCUT2D eigenvalue weighted by Gasteiger charge is -2.28. The van der Waals surface area contributed by atoms with Gasteiger partial charge in [0, 0.05) is 37.3 Å². The van der Waals surface area contributed by atoms with Crippen molar-refractivity contribution in [2.75, 3.05) is 37.7 Å². The highest BCUT2D eigenvalue weighted by Gasteiger charge is 2.27. The fourth-order valence-corrected chi connectivity index (χ4v) is 3.43. The van der Waals surface area contributed by atoms with Crippen LogP contribution in [0, 0.1) is 5.41 Å². The van der Waals surface area contributed by atoms with E-state index >= 15 is 0 Å². The van der Waals surface area contributed by atoms with Crippen LogP contribution in [0.5, 0.6) is 0 Å². The molecule has 0 radical (unpaired) electrons. The van der Waals surface area contributed by atoms with E-state index in [2.05, 4.69) is 41.3 Å². The first-order valence-electron chi connectivity index (χ1n) is 9.58. The summed E-state index contributed by atoms with van der Waals surface area (Å²) in [4.78, 5) is 11.4. The molecule has 1 unspecified atom stereocenters. The van der Waals surface area contributed by atoms with Crippen LogP contribution in [0.4, 0.5) is 5.82 Å². The lowest BCUT2D eigenvalue weighted by atomic mass is 9.83. The van der Waals surface area contributed by atoms with Crippen LogP contribution in [-0.2, 0) is 0 Å². The van der Waals surface area contributed by atoms with Crippen molar-refractivity contribution in [1.82, 2.24) is 15.6 Å². The summed E-state index contributed by atoms with van der Waals surface area (Å²) in [6, 6.07) is 4.01. The molecule has 0 amide bonds. The molecule has 1 aromatic rings. The second-order valence-electron chi connectivity index (χ2n) is 6.95. The fourth-order valence-electron chi connectivity index (χ4n) is 3.19. The number of aromatic nitrogens is 1. The smallest absolute Gasteiger partial charge is 0.191 e. The lowest BCUT2D eigenvalue weighted by molar-refractivity contribution is 0.123. The van der Waals surface area contributed by atoms with Crippen molar-refractivity contribution in [3.63, 3.8) is 0 Å². The van der Waals surface area contributed by atoms with E-state index in [1.165, 1.54) is 0 Å². The molecule has 1 saturated heterocycles. The molecule has 0 saturated carbocycles. The van der Waals surface area contributed by atoms with Gasteiger partial charge in [-0.05, 0) is 38.3 Å². The van der Waals surface area contributed by atoms with Crippen LogP contribution >= 0.6 is 11.6 Å². The van der Waals surface area contributed by atoms with Crippen molar-refractivity contribution >= 4 is 23.4 Å². The van der Waals surface area contributed by atoms with E-state index < -0.39 is 0 Å². The van der Waals surface area contributed by atoms with Gasteiger partial charge in [0.25, 0.3) is 0 Å². The Morgan fingerprint density at radius 3 is 2.81 bits per heavy atom. The number of anilines is 1. The number of nitrogens with one attached hydrogen (secondary N) is 2. The monoisotopic (exact) mass is 381 g/mol. The topological polar surface area (TPSA) is 72.8 Å². The quantitative estimate of drug-likeness (QED) is 0.477. The second kappa shape index (κ2) is 9.97. The Balaban J connectivity index is 2.00. The molecule has 26 heavy (non-hydrogen) atoms. The fraction of sp³-hybridized carbons (Fsp3) is 0.684. The number of nitrogens with zero attached hydrogens (tertiary/aromatic N) is 3. The summed E-state index contributed by atoms with van der Waals surface area (Å²) in [5, 5.41) is 17.3. The summed E-state index contributed by atoms with van der Waals surface area (Å²) in [6.45, 7) is 9.63. The van der Waals surface area contributed by atoms with Crippen molar-refractivity contribution < 1.29 is 5.11 Å². The number of aliphatic hydroxyl groups is 1. The van der Waals surface area contributed by atoms with Gasteiger partial charge >= 0.3 is 0 Å². The van der Waals surface area contributed by atoms with Crippen LogP contribution in [0.2, 0.25) is 5.02 Å². The van der Waals surface area contributed by atoms with Crippen LogP contribution in [0.1, 0.15) is 40.0 Å². The number of hydrogen-bond acceptors (Lipinski definition) is 4. The molecule has 1 atom stereocenters. The van der Waals surface area contributed by atoms with E-state index in [1.54, 1.807) is 6.20 Å². The van der Waals surface area contributed by atoms with Crippen molar-refractivity contribution in [2.45, 2.75) is 46.1 Å². The SMILES string of the molecule is CCNC(=NCC(CC)(CC)CO)NC1CCN(c2ncccc2Cl)C1. The minimum atomic E-state index is -0.133. The Hall–Kier alpha value is -1.53. The number of halogens is 1. The summed E-state index contributed by atoms with van der Waals surface area (Å²) < 4.78 is 0. The van der Waals surface area contributed by atoms with Gasteiger partial charge in [0.1, 0.15) is 5.82 Å². The molecule has 0 spiro atoms. The van der Waals surface area contributed by atoms with Crippen LogP contribution < -0.4 is 15.5 Å². The number of pyridine rings is 1. The predicted octanol–water partition coefficient (Wildman–Crippen LogP) is 2.67. The summed E-state index contributed by atoms with van der Waals surface area (Å²) in [5.41, 5.74) is -0.133. The molecule has 1 aliphatic heterocycles. The molecule has 3 N–H and O–H groups in total. The molecule has 0 aromatic carbocycles. The van der Waals surface area contributed by atoms with Gasteiger partial charge in [-0.15, -0.1) is 0 Å². The summed E-state index contributed by atoms with van der Waals surface area (Å²) in [6.07, 6.45) is 4.61. The molecule has 7 heteroatoms. The standard InChI is InChI=1S/C19H32ClN5O/c1-4-19(5-2,14-26)13-23-18(21-6-3)24-15-9-11-25(12-15)17-16(20)8-7-10-22-17/h7-8,10,15,26H,4-6,9,11-14H2,1-3H3,(H2,21,23,24). The Morgan fingerprint density at radius 1 is 1.42 bits per heavy atom. The highest BCUT2D eigenvalue weighted by Crippen LogP contribution is 2.27. The molecule has 1 aromatic heterocycles. The zero-order chi connectivity index (χ0) is 19.0. The number of rotatable bonds is 8. The predicted molar refractivity (Wildman–Crippen MR) is 109 cm³/mol. The van der Waals surface area contributed by atoms with Gasteiger partial charge in [-0.25, -0.2) is 4.98 Å². The van der Waals surface area contributed by atoms with Crippen molar-refractivity contribution in [1.29, 1.82) is 0 Å². The Bertz CT molecular complexity index is 583. The molecule has 2 heterocycles. The van der Waals surface area contributed by atoms with Gasteiger partial charge in [-0.3, -0.25) is 4.99 Å². The Morgan fingerprint density at radius 2 is 2.19 bits per heavy atom. The Kier molecular flexibility index (Phi) is 7.97. The first-order valence-corrected chi connectivity index (χ1v) is 9.96. The normalized spacial score (nSPS) is 18.3. The highest BCUT2D eigenvalue weighted by molar-refractivity contribution is 6.32.